The summed E-state index contributed by atoms with van der Waals surface area (Å²) in [4.78, 5) is 0. The predicted molar refractivity (Wildman–Crippen MR) is 97.5 cm³/mol. The van der Waals surface area contributed by atoms with Gasteiger partial charge in [0, 0.05) is 18.7 Å². The molecular weight excluding hydrogens is 300 g/mol. The number of hydrogen-bond donors (Lipinski definition) is 0. The van der Waals surface area contributed by atoms with Gasteiger partial charge in [0.1, 0.15) is 0 Å². The quantitative estimate of drug-likeness (QED) is 0.198. The molecule has 1 aromatic carbocycles. The van der Waals surface area contributed by atoms with Gasteiger partial charge >= 0.3 is 0 Å². The number of para-hydroxylation sites is 1. The molecule has 0 bridgehead atoms. The van der Waals surface area contributed by atoms with Crippen LogP contribution in [0.2, 0.25) is 0 Å². The van der Waals surface area contributed by atoms with Gasteiger partial charge in [-0.2, -0.15) is 4.74 Å². The Bertz CT molecular complexity index is 607. The van der Waals surface area contributed by atoms with Crippen LogP contribution in [0.15, 0.2) is 36.5 Å². The van der Waals surface area contributed by atoms with Crippen LogP contribution in [0, 0.1) is 5.21 Å². The van der Waals surface area contributed by atoms with E-state index >= 15 is 0 Å². The highest BCUT2D eigenvalue weighted by Crippen LogP contribution is 2.10. The van der Waals surface area contributed by atoms with Crippen LogP contribution in [0.25, 0.3) is 0 Å². The predicted octanol–water partition coefficient (Wildman–Crippen LogP) is 4.68. The van der Waals surface area contributed by atoms with Crippen LogP contribution in [0.1, 0.15) is 64.0 Å². The molecule has 130 valence electrons. The Morgan fingerprint density at radius 1 is 1.00 bits per heavy atom. The fourth-order valence-corrected chi connectivity index (χ4v) is 2.66. The highest BCUT2D eigenvalue weighted by molar-refractivity contribution is 5.72. The minimum absolute atomic E-state index is 0.591. The van der Waals surface area contributed by atoms with E-state index in [4.69, 9.17) is 0 Å². The van der Waals surface area contributed by atoms with Crippen molar-refractivity contribution >= 4 is 11.9 Å². The van der Waals surface area contributed by atoms with E-state index in [9.17, 15) is 5.21 Å². The zero-order chi connectivity index (χ0) is 17.0. The molecule has 0 N–H and O–H groups in total. The Balaban J connectivity index is 1.70. The van der Waals surface area contributed by atoms with Crippen LogP contribution in [0.3, 0.4) is 0 Å². The van der Waals surface area contributed by atoms with E-state index in [1.165, 1.54) is 51.2 Å². The lowest BCUT2D eigenvalue weighted by molar-refractivity contribution is -0.354. The van der Waals surface area contributed by atoms with Crippen LogP contribution in [0.4, 0.5) is 5.69 Å². The van der Waals surface area contributed by atoms with Gasteiger partial charge in [-0.1, -0.05) is 75.3 Å². The average molecular weight is 328 g/mol. The van der Waals surface area contributed by atoms with Gasteiger partial charge in [0.05, 0.1) is 6.20 Å². The monoisotopic (exact) mass is 328 g/mol. The highest BCUT2D eigenvalue weighted by Gasteiger charge is 2.04. The molecule has 0 fully saturated rings. The van der Waals surface area contributed by atoms with Crippen molar-refractivity contribution in [2.45, 2.75) is 64.8 Å². The number of unbranched alkanes of at least 4 members (excludes halogenated alkanes) is 7. The molecule has 0 unspecified atom stereocenters. The molecule has 0 spiro atoms. The van der Waals surface area contributed by atoms with Crippen molar-refractivity contribution in [3.05, 3.63) is 47.4 Å². The second-order valence-electron chi connectivity index (χ2n) is 6.17. The molecule has 1 heterocycles. The van der Waals surface area contributed by atoms with Crippen LogP contribution in [-0.4, -0.2) is 25.9 Å². The van der Waals surface area contributed by atoms with E-state index in [-0.39, 0.29) is 0 Å². The lowest BCUT2D eigenvalue weighted by atomic mass is 10.1. The smallest absolute Gasteiger partial charge is 0.216 e. The first-order valence-electron chi connectivity index (χ1n) is 9.06. The van der Waals surface area contributed by atoms with Crippen molar-refractivity contribution in [2.24, 2.45) is 0 Å². The zero-order valence-electron chi connectivity index (χ0n) is 14.6. The van der Waals surface area contributed by atoms with Gasteiger partial charge in [-0.25, -0.2) is 0 Å². The molecule has 0 aliphatic rings. The summed E-state index contributed by atoms with van der Waals surface area (Å²) < 4.78 is 2.65. The molecule has 0 saturated carbocycles. The highest BCUT2D eigenvalue weighted by atomic mass is 16.5. The average Bonchev–Trinajstić information content (AvgIpc) is 3.05. The summed E-state index contributed by atoms with van der Waals surface area (Å²) in [7, 11) is 0. The Labute approximate surface area is 144 Å². The zero-order valence-corrected chi connectivity index (χ0v) is 14.6. The van der Waals surface area contributed by atoms with Crippen LogP contribution in [0.5, 0.6) is 0 Å². The van der Waals surface area contributed by atoms with Crippen molar-refractivity contribution in [1.82, 2.24) is 15.0 Å². The fraction of sp³-hybridized carbons (Fsp3) is 0.526. The molecule has 0 atom stereocenters. The van der Waals surface area contributed by atoms with E-state index in [0.717, 1.165) is 17.7 Å². The maximum Gasteiger partial charge on any atom is 0.216 e. The van der Waals surface area contributed by atoms with E-state index in [1.54, 1.807) is 12.1 Å². The largest absolute Gasteiger partial charge is 0.618 e. The molecule has 0 aliphatic heterocycles. The lowest BCUT2D eigenvalue weighted by Gasteiger charge is -2.02. The van der Waals surface area contributed by atoms with Gasteiger partial charge in [-0.15, -0.1) is 5.10 Å². The molecule has 0 radical (unpaired) electrons. The molecular formula is C19H28N4O. The Morgan fingerprint density at radius 3 is 2.38 bits per heavy atom. The first kappa shape index (κ1) is 18.2. The molecule has 0 aliphatic carbocycles. The number of aromatic nitrogens is 3. The van der Waals surface area contributed by atoms with E-state index < -0.39 is 0 Å². The van der Waals surface area contributed by atoms with Crippen molar-refractivity contribution in [2.75, 3.05) is 0 Å². The summed E-state index contributed by atoms with van der Waals surface area (Å²) in [5, 5.41) is 20.2. The van der Waals surface area contributed by atoms with E-state index in [0.29, 0.717) is 11.4 Å². The Morgan fingerprint density at radius 2 is 1.67 bits per heavy atom. The van der Waals surface area contributed by atoms with E-state index in [1.807, 2.05) is 29.1 Å². The van der Waals surface area contributed by atoms with E-state index in [2.05, 4.69) is 17.2 Å². The molecule has 2 aromatic rings. The van der Waals surface area contributed by atoms with Crippen molar-refractivity contribution < 1.29 is 4.74 Å². The molecule has 5 heteroatoms. The summed E-state index contributed by atoms with van der Waals surface area (Å²) >= 11 is 0. The second-order valence-corrected chi connectivity index (χ2v) is 6.17. The third kappa shape index (κ3) is 6.52. The standard InChI is InChI=1S/C19H28N4O/c1-2-3-4-5-6-7-8-12-15-22-16-18(20-21-22)17-23(24)19-13-10-9-11-14-19/h9-11,13-14,16-17H,2-8,12,15H2,1H3/b23-17-. The minimum Gasteiger partial charge on any atom is -0.618 e. The second kappa shape index (κ2) is 10.6. The SMILES string of the molecule is CCCCCCCCCCn1cc(/C=[N+](\[O-])c2ccccc2)nn1. The first-order valence-corrected chi connectivity index (χ1v) is 9.06. The number of benzene rings is 1. The van der Waals surface area contributed by atoms with Crippen LogP contribution in [-0.2, 0) is 6.54 Å². The van der Waals surface area contributed by atoms with Crippen molar-refractivity contribution in [3.8, 4) is 0 Å². The maximum atomic E-state index is 12.0. The van der Waals surface area contributed by atoms with Gasteiger partial charge in [-0.3, -0.25) is 4.68 Å². The van der Waals surface area contributed by atoms with Crippen LogP contribution >= 0.6 is 0 Å². The van der Waals surface area contributed by atoms with Gasteiger partial charge in [-0.05, 0) is 6.42 Å². The number of hydrogen-bond acceptors (Lipinski definition) is 3. The third-order valence-electron chi connectivity index (χ3n) is 4.06. The molecule has 5 nitrogen and oxygen atoms in total. The first-order chi connectivity index (χ1) is 11.8. The summed E-state index contributed by atoms with van der Waals surface area (Å²) in [5.41, 5.74) is 1.18. The molecule has 1 aromatic heterocycles. The number of rotatable bonds is 11. The van der Waals surface area contributed by atoms with Crippen LogP contribution < -0.4 is 0 Å². The maximum absolute atomic E-state index is 12.0. The van der Waals surface area contributed by atoms with Gasteiger partial charge in [0.15, 0.2) is 5.69 Å². The molecule has 0 saturated heterocycles. The number of aryl methyl sites for hydroxylation is 1. The molecule has 24 heavy (non-hydrogen) atoms. The Hall–Kier alpha value is -2.17. The summed E-state index contributed by atoms with van der Waals surface area (Å²) in [5.74, 6) is 0. The van der Waals surface area contributed by atoms with Crippen molar-refractivity contribution in [3.63, 3.8) is 0 Å². The summed E-state index contributed by atoms with van der Waals surface area (Å²) in [6.07, 6.45) is 13.6. The lowest BCUT2D eigenvalue weighted by Crippen LogP contribution is -1.99. The Kier molecular flexibility index (Phi) is 8.01. The minimum atomic E-state index is 0.591. The van der Waals surface area contributed by atoms with Gasteiger partial charge in [0.2, 0.25) is 11.9 Å². The normalized spacial score (nSPS) is 11.8. The van der Waals surface area contributed by atoms with Crippen molar-refractivity contribution in [1.29, 1.82) is 0 Å². The molecule has 2 rings (SSSR count). The molecule has 0 amide bonds. The van der Waals surface area contributed by atoms with Gasteiger partial charge in [0.25, 0.3) is 0 Å². The summed E-state index contributed by atoms with van der Waals surface area (Å²) in [6.45, 7) is 3.11. The topological polar surface area (TPSA) is 56.8 Å². The summed E-state index contributed by atoms with van der Waals surface area (Å²) in [6, 6.07) is 9.11. The van der Waals surface area contributed by atoms with Gasteiger partial charge < -0.3 is 5.21 Å². The number of nitrogens with zero attached hydrogens (tertiary/aromatic N) is 4. The third-order valence-corrected chi connectivity index (χ3v) is 4.06. The fourth-order valence-electron chi connectivity index (χ4n) is 2.66.